The molecule has 4 rings (SSSR count). The molecular formula is C23H27N3O4S. The molecule has 0 radical (unpaired) electrons. The summed E-state index contributed by atoms with van der Waals surface area (Å²) in [6.07, 6.45) is 3.46. The number of nitrogens with one attached hydrogen (secondary N) is 1. The minimum absolute atomic E-state index is 0.0199. The quantitative estimate of drug-likeness (QED) is 0.611. The molecule has 1 aromatic carbocycles. The Kier molecular flexibility index (Phi) is 6.38. The van der Waals surface area contributed by atoms with Crippen LogP contribution in [0.1, 0.15) is 56.6 Å². The van der Waals surface area contributed by atoms with Gasteiger partial charge in [-0.1, -0.05) is 18.2 Å². The Hall–Kier alpha value is -2.71. The van der Waals surface area contributed by atoms with Gasteiger partial charge in [0.25, 0.3) is 11.8 Å². The van der Waals surface area contributed by atoms with Crippen LogP contribution in [0.25, 0.3) is 10.1 Å². The molecule has 1 saturated heterocycles. The number of aliphatic hydroxyl groups is 1. The zero-order chi connectivity index (χ0) is 22.0. The molecule has 0 bridgehead atoms. The van der Waals surface area contributed by atoms with Crippen molar-refractivity contribution in [3.8, 4) is 0 Å². The van der Waals surface area contributed by atoms with E-state index in [1.807, 2.05) is 29.2 Å². The topological polar surface area (TPSA) is 95.7 Å². The number of rotatable bonds is 6. The number of hydrogen-bond donors (Lipinski definition) is 2. The molecule has 1 aliphatic heterocycles. The van der Waals surface area contributed by atoms with E-state index in [9.17, 15) is 9.59 Å². The number of thiophene rings is 1. The van der Waals surface area contributed by atoms with Crippen molar-refractivity contribution < 1.29 is 19.1 Å². The molecule has 0 aliphatic carbocycles. The van der Waals surface area contributed by atoms with Crippen LogP contribution in [0.5, 0.6) is 0 Å². The number of piperidine rings is 1. The van der Waals surface area contributed by atoms with Crippen molar-refractivity contribution in [2.75, 3.05) is 19.7 Å². The molecule has 2 amide bonds. The van der Waals surface area contributed by atoms with Gasteiger partial charge >= 0.3 is 0 Å². The van der Waals surface area contributed by atoms with Gasteiger partial charge in [0.15, 0.2) is 5.89 Å². The zero-order valence-electron chi connectivity index (χ0n) is 17.8. The van der Waals surface area contributed by atoms with Crippen molar-refractivity contribution in [1.82, 2.24) is 15.2 Å². The summed E-state index contributed by atoms with van der Waals surface area (Å²) in [5.74, 6) is 0.482. The number of aliphatic hydroxyl groups excluding tert-OH is 1. The number of benzene rings is 1. The average molecular weight is 442 g/mol. The van der Waals surface area contributed by atoms with Crippen LogP contribution in [-0.2, 0) is 6.42 Å². The molecule has 1 fully saturated rings. The molecule has 2 aromatic heterocycles. The number of fused-ring (bicyclic) bond motifs is 1. The number of likely N-dealkylation sites (tertiary alicyclic amines) is 1. The van der Waals surface area contributed by atoms with Gasteiger partial charge in [0.05, 0.1) is 17.2 Å². The monoisotopic (exact) mass is 441 g/mol. The van der Waals surface area contributed by atoms with Gasteiger partial charge < -0.3 is 19.7 Å². The smallest absolute Gasteiger partial charge is 0.291 e. The zero-order valence-corrected chi connectivity index (χ0v) is 18.6. The van der Waals surface area contributed by atoms with Crippen LogP contribution in [0.2, 0.25) is 0 Å². The Morgan fingerprint density at radius 1 is 1.29 bits per heavy atom. The van der Waals surface area contributed by atoms with Crippen molar-refractivity contribution in [2.24, 2.45) is 0 Å². The standard InChI is InChI=1S/C23H27N3O4S/c1-14-20(30-15(2)25-14)23(29)26-11-6-5-7-16(26)13-18-17-8-3-4-9-19(17)31-21(18)22(28)24-10-12-27/h3-4,8-9,16,27H,5-7,10-13H2,1-2H3,(H,24,28)/t16-/m0/s1. The lowest BCUT2D eigenvalue weighted by atomic mass is 9.93. The second kappa shape index (κ2) is 9.20. The number of hydrogen-bond acceptors (Lipinski definition) is 6. The third kappa shape index (κ3) is 4.36. The molecule has 3 aromatic rings. The van der Waals surface area contributed by atoms with Crippen molar-refractivity contribution in [3.63, 3.8) is 0 Å². The molecule has 2 N–H and O–H groups in total. The van der Waals surface area contributed by atoms with Crippen LogP contribution < -0.4 is 5.32 Å². The van der Waals surface area contributed by atoms with Crippen LogP contribution in [-0.4, -0.2) is 52.5 Å². The molecule has 0 spiro atoms. The summed E-state index contributed by atoms with van der Waals surface area (Å²) < 4.78 is 6.64. The minimum atomic E-state index is -0.180. The lowest BCUT2D eigenvalue weighted by molar-refractivity contribution is 0.0579. The van der Waals surface area contributed by atoms with E-state index in [-0.39, 0.29) is 31.0 Å². The number of amides is 2. The molecule has 3 heterocycles. The first-order valence-electron chi connectivity index (χ1n) is 10.6. The van der Waals surface area contributed by atoms with E-state index in [1.165, 1.54) is 11.3 Å². The first-order chi connectivity index (χ1) is 15.0. The van der Waals surface area contributed by atoms with Crippen LogP contribution in [0.15, 0.2) is 28.7 Å². The predicted octanol–water partition coefficient (Wildman–Crippen LogP) is 3.47. The fourth-order valence-electron chi connectivity index (χ4n) is 4.31. The highest BCUT2D eigenvalue weighted by Crippen LogP contribution is 2.34. The minimum Gasteiger partial charge on any atom is -0.436 e. The lowest BCUT2D eigenvalue weighted by Crippen LogP contribution is -2.45. The third-order valence-electron chi connectivity index (χ3n) is 5.73. The second-order valence-electron chi connectivity index (χ2n) is 7.89. The average Bonchev–Trinajstić information content (AvgIpc) is 3.31. The van der Waals surface area contributed by atoms with Crippen molar-refractivity contribution in [1.29, 1.82) is 0 Å². The Balaban J connectivity index is 1.67. The summed E-state index contributed by atoms with van der Waals surface area (Å²) in [6.45, 7) is 4.30. The Morgan fingerprint density at radius 3 is 2.84 bits per heavy atom. The largest absolute Gasteiger partial charge is 0.436 e. The van der Waals surface area contributed by atoms with Gasteiger partial charge in [-0.2, -0.15) is 0 Å². The predicted molar refractivity (Wildman–Crippen MR) is 120 cm³/mol. The van der Waals surface area contributed by atoms with E-state index in [4.69, 9.17) is 9.52 Å². The summed E-state index contributed by atoms with van der Waals surface area (Å²) in [4.78, 5) is 32.9. The van der Waals surface area contributed by atoms with Gasteiger partial charge in [-0.05, 0) is 49.6 Å². The highest BCUT2D eigenvalue weighted by Gasteiger charge is 2.32. The Morgan fingerprint density at radius 2 is 2.10 bits per heavy atom. The molecule has 0 saturated carbocycles. The molecular weight excluding hydrogens is 414 g/mol. The van der Waals surface area contributed by atoms with Crippen LogP contribution in [0.3, 0.4) is 0 Å². The molecule has 8 heteroatoms. The van der Waals surface area contributed by atoms with Gasteiger partial charge in [0.1, 0.15) is 0 Å². The van der Waals surface area contributed by atoms with E-state index in [0.29, 0.717) is 35.2 Å². The van der Waals surface area contributed by atoms with Gasteiger partial charge in [-0.25, -0.2) is 4.98 Å². The first kappa shape index (κ1) is 21.5. The number of aryl methyl sites for hydroxylation is 2. The van der Waals surface area contributed by atoms with Gasteiger partial charge in [0.2, 0.25) is 5.76 Å². The number of aromatic nitrogens is 1. The van der Waals surface area contributed by atoms with Crippen molar-refractivity contribution in [2.45, 2.75) is 45.6 Å². The van der Waals surface area contributed by atoms with Crippen molar-refractivity contribution in [3.05, 3.63) is 52.1 Å². The normalized spacial score (nSPS) is 16.6. The SMILES string of the molecule is Cc1nc(C)c(C(=O)N2CCCC[C@H]2Cc2c(C(=O)NCCO)sc3ccccc23)o1. The highest BCUT2D eigenvalue weighted by molar-refractivity contribution is 7.21. The maximum absolute atomic E-state index is 13.3. The molecule has 31 heavy (non-hydrogen) atoms. The summed E-state index contributed by atoms with van der Waals surface area (Å²) in [5, 5.41) is 12.9. The second-order valence-corrected chi connectivity index (χ2v) is 8.94. The summed E-state index contributed by atoms with van der Waals surface area (Å²) in [5.41, 5.74) is 1.57. The lowest BCUT2D eigenvalue weighted by Gasteiger charge is -2.35. The summed E-state index contributed by atoms with van der Waals surface area (Å²) in [6, 6.07) is 7.95. The summed E-state index contributed by atoms with van der Waals surface area (Å²) in [7, 11) is 0. The Bertz CT molecular complexity index is 1100. The molecule has 164 valence electrons. The van der Waals surface area contributed by atoms with Gasteiger partial charge in [-0.3, -0.25) is 9.59 Å². The van der Waals surface area contributed by atoms with E-state index >= 15 is 0 Å². The highest BCUT2D eigenvalue weighted by atomic mass is 32.1. The van der Waals surface area contributed by atoms with Gasteiger partial charge in [0, 0.05) is 30.8 Å². The fourth-order valence-corrected chi connectivity index (χ4v) is 5.46. The number of carbonyl (C=O) groups is 2. The molecule has 7 nitrogen and oxygen atoms in total. The Labute approximate surface area is 185 Å². The summed E-state index contributed by atoms with van der Waals surface area (Å²) >= 11 is 1.46. The number of nitrogens with zero attached hydrogens (tertiary/aromatic N) is 2. The van der Waals surface area contributed by atoms with E-state index in [1.54, 1.807) is 13.8 Å². The molecule has 0 unspecified atom stereocenters. The van der Waals surface area contributed by atoms with Crippen LogP contribution in [0, 0.1) is 13.8 Å². The number of oxazole rings is 1. The van der Waals surface area contributed by atoms with Crippen LogP contribution in [0.4, 0.5) is 0 Å². The molecule has 1 aliphatic rings. The first-order valence-corrected chi connectivity index (χ1v) is 11.5. The maximum atomic E-state index is 13.3. The molecule has 1 atom stereocenters. The van der Waals surface area contributed by atoms with E-state index in [2.05, 4.69) is 10.3 Å². The fraction of sp³-hybridized carbons (Fsp3) is 0.435. The van der Waals surface area contributed by atoms with Crippen LogP contribution >= 0.6 is 11.3 Å². The van der Waals surface area contributed by atoms with E-state index < -0.39 is 0 Å². The third-order valence-corrected chi connectivity index (χ3v) is 6.94. The maximum Gasteiger partial charge on any atom is 0.291 e. The van der Waals surface area contributed by atoms with Crippen molar-refractivity contribution >= 4 is 33.2 Å². The van der Waals surface area contributed by atoms with Gasteiger partial charge in [-0.15, -0.1) is 11.3 Å². The van der Waals surface area contributed by atoms with E-state index in [0.717, 1.165) is 34.9 Å². The number of carbonyl (C=O) groups excluding carboxylic acids is 2.